The van der Waals surface area contributed by atoms with Crippen molar-refractivity contribution in [3.05, 3.63) is 95.3 Å². The van der Waals surface area contributed by atoms with E-state index in [0.717, 1.165) is 30.6 Å². The molecule has 3 aromatic rings. The van der Waals surface area contributed by atoms with Crippen LogP contribution in [0.1, 0.15) is 66.9 Å². The topological polar surface area (TPSA) is 84.0 Å². The lowest BCUT2D eigenvalue weighted by atomic mass is 10.0. The van der Waals surface area contributed by atoms with Crippen molar-refractivity contribution in [2.24, 2.45) is 0 Å². The van der Waals surface area contributed by atoms with Crippen molar-refractivity contribution in [2.45, 2.75) is 62.6 Å². The molecule has 1 aromatic heterocycles. The number of pyridine rings is 1. The summed E-state index contributed by atoms with van der Waals surface area (Å²) in [5, 5.41) is 0.706. The molecule has 218 valence electrons. The molecule has 2 aromatic carbocycles. The quantitative estimate of drug-likeness (QED) is 0.0534. The molecule has 0 unspecified atom stereocenters. The van der Waals surface area contributed by atoms with Gasteiger partial charge in [-0.25, -0.2) is 14.6 Å². The second-order valence-electron chi connectivity index (χ2n) is 9.58. The highest BCUT2D eigenvalue weighted by Gasteiger charge is 2.11. The molecule has 0 N–H and O–H groups in total. The number of aromatic nitrogens is 1. The lowest BCUT2D eigenvalue weighted by molar-refractivity contribution is -0.130. The maximum Gasteiger partial charge on any atom is 0.343 e. The molecule has 0 bridgehead atoms. The van der Waals surface area contributed by atoms with Crippen LogP contribution in [0.3, 0.4) is 0 Å². The minimum atomic E-state index is -0.498. The van der Waals surface area contributed by atoms with Crippen LogP contribution >= 0.6 is 11.8 Å². The van der Waals surface area contributed by atoms with Crippen molar-refractivity contribution in [2.75, 3.05) is 20.8 Å². The Morgan fingerprint density at radius 3 is 2.34 bits per heavy atom. The van der Waals surface area contributed by atoms with Crippen LogP contribution < -0.4 is 9.47 Å². The highest BCUT2D eigenvalue weighted by molar-refractivity contribution is 7.98. The smallest absolute Gasteiger partial charge is 0.343 e. The average Bonchev–Trinajstić information content (AvgIpc) is 3.01. The number of hydrogen-bond donors (Lipinski definition) is 0. The van der Waals surface area contributed by atoms with E-state index in [0.29, 0.717) is 28.5 Å². The first-order valence-corrected chi connectivity index (χ1v) is 14.9. The zero-order chi connectivity index (χ0) is 29.3. The molecule has 0 radical (unpaired) electrons. The predicted octanol–water partition coefficient (Wildman–Crippen LogP) is 7.58. The molecule has 0 aliphatic heterocycles. The van der Waals surface area contributed by atoms with Crippen molar-refractivity contribution >= 4 is 23.7 Å². The van der Waals surface area contributed by atoms with Gasteiger partial charge in [0.25, 0.3) is 0 Å². The van der Waals surface area contributed by atoms with Crippen molar-refractivity contribution in [3.8, 4) is 11.6 Å². The van der Waals surface area contributed by atoms with E-state index in [1.165, 1.54) is 56.4 Å². The Bertz CT molecular complexity index is 1270. The summed E-state index contributed by atoms with van der Waals surface area (Å²) in [5.74, 6) is 0.855. The van der Waals surface area contributed by atoms with Crippen LogP contribution in [0.5, 0.6) is 11.6 Å². The summed E-state index contributed by atoms with van der Waals surface area (Å²) < 4.78 is 21.0. The lowest BCUT2D eigenvalue weighted by Crippen LogP contribution is -2.10. The van der Waals surface area contributed by atoms with E-state index >= 15 is 0 Å². The zero-order valence-corrected chi connectivity index (χ0v) is 24.9. The Kier molecular flexibility index (Phi) is 13.8. The van der Waals surface area contributed by atoms with Gasteiger partial charge in [-0.3, -0.25) is 0 Å². The van der Waals surface area contributed by atoms with E-state index in [2.05, 4.69) is 17.1 Å². The summed E-state index contributed by atoms with van der Waals surface area (Å²) >= 11 is 1.48. The fourth-order valence-corrected chi connectivity index (χ4v) is 4.84. The van der Waals surface area contributed by atoms with Gasteiger partial charge in [-0.15, -0.1) is 11.8 Å². The number of benzene rings is 2. The van der Waals surface area contributed by atoms with Gasteiger partial charge in [-0.1, -0.05) is 56.0 Å². The molecule has 0 saturated heterocycles. The van der Waals surface area contributed by atoms with E-state index in [-0.39, 0.29) is 11.8 Å². The van der Waals surface area contributed by atoms with Gasteiger partial charge in [-0.2, -0.15) is 0 Å². The third-order valence-electron chi connectivity index (χ3n) is 6.35. The molecule has 0 saturated carbocycles. The number of carbonyl (C=O) groups excluding carboxylic acids is 2. The predicted molar refractivity (Wildman–Crippen MR) is 161 cm³/mol. The number of esters is 2. The maximum absolute atomic E-state index is 12.5. The molecule has 0 atom stereocenters. The van der Waals surface area contributed by atoms with Gasteiger partial charge in [0.15, 0.2) is 0 Å². The van der Waals surface area contributed by atoms with Crippen LogP contribution in [0, 0.1) is 0 Å². The van der Waals surface area contributed by atoms with Crippen LogP contribution in [0.15, 0.2) is 83.6 Å². The number of nitrogens with zero attached hydrogens (tertiary/aromatic N) is 1. The number of hydrogen-bond acceptors (Lipinski definition) is 8. The van der Waals surface area contributed by atoms with Crippen molar-refractivity contribution in [3.63, 3.8) is 0 Å². The van der Waals surface area contributed by atoms with E-state index in [1.807, 2.05) is 30.3 Å². The number of rotatable bonds is 17. The van der Waals surface area contributed by atoms with Crippen LogP contribution in [0.2, 0.25) is 0 Å². The largest absolute Gasteiger partial charge is 0.501 e. The first-order valence-electron chi connectivity index (χ1n) is 13.9. The third kappa shape index (κ3) is 11.7. The fraction of sp³-hybridized carbons (Fsp3) is 0.364. The Labute approximate surface area is 247 Å². The van der Waals surface area contributed by atoms with Crippen molar-refractivity contribution in [1.29, 1.82) is 0 Å². The SMILES string of the molecule is COC(=O)c1cccc(CSc2cccc(OC(=O)C(C)=COCCCCCCCCc3ccc(OC)cc3)n2)c1. The number of ether oxygens (including phenoxy) is 4. The van der Waals surface area contributed by atoms with Gasteiger partial charge in [0.2, 0.25) is 5.88 Å². The van der Waals surface area contributed by atoms with Crippen molar-refractivity contribution < 1.29 is 28.5 Å². The van der Waals surface area contributed by atoms with Crippen molar-refractivity contribution in [1.82, 2.24) is 4.98 Å². The van der Waals surface area contributed by atoms with Gasteiger partial charge in [-0.05, 0) is 67.6 Å². The molecule has 1 heterocycles. The monoisotopic (exact) mass is 577 g/mol. The minimum absolute atomic E-state index is 0.225. The Balaban J connectivity index is 1.29. The van der Waals surface area contributed by atoms with E-state index in [4.69, 9.17) is 18.9 Å². The summed E-state index contributed by atoms with van der Waals surface area (Å²) in [4.78, 5) is 28.6. The summed E-state index contributed by atoms with van der Waals surface area (Å²) in [6.07, 6.45) is 9.39. The molecule has 7 nitrogen and oxygen atoms in total. The molecule has 8 heteroatoms. The highest BCUT2D eigenvalue weighted by atomic mass is 32.2. The lowest BCUT2D eigenvalue weighted by Gasteiger charge is -2.07. The Morgan fingerprint density at radius 1 is 0.854 bits per heavy atom. The average molecular weight is 578 g/mol. The van der Waals surface area contributed by atoms with Gasteiger partial charge in [0, 0.05) is 11.8 Å². The van der Waals surface area contributed by atoms with Crippen LogP contribution in [0.25, 0.3) is 0 Å². The molecular formula is C33H39NO6S. The third-order valence-corrected chi connectivity index (χ3v) is 7.35. The summed E-state index contributed by atoms with van der Waals surface area (Å²) in [7, 11) is 3.05. The zero-order valence-electron chi connectivity index (χ0n) is 24.1. The summed E-state index contributed by atoms with van der Waals surface area (Å²) in [6.45, 7) is 2.23. The molecular weight excluding hydrogens is 538 g/mol. The van der Waals surface area contributed by atoms with E-state index < -0.39 is 5.97 Å². The summed E-state index contributed by atoms with van der Waals surface area (Å²) in [5.41, 5.74) is 3.19. The molecule has 0 spiro atoms. The first-order chi connectivity index (χ1) is 20.0. The maximum atomic E-state index is 12.5. The Morgan fingerprint density at radius 2 is 1.59 bits per heavy atom. The van der Waals surface area contributed by atoms with Crippen LogP contribution in [-0.2, 0) is 26.4 Å². The minimum Gasteiger partial charge on any atom is -0.501 e. The van der Waals surface area contributed by atoms with Crippen LogP contribution in [0.4, 0.5) is 0 Å². The normalized spacial score (nSPS) is 11.1. The number of methoxy groups -OCH3 is 2. The Hall–Kier alpha value is -3.78. The first kappa shape index (κ1) is 31.7. The van der Waals surface area contributed by atoms with Gasteiger partial charge >= 0.3 is 11.9 Å². The summed E-state index contributed by atoms with van der Waals surface area (Å²) in [6, 6.07) is 20.8. The second kappa shape index (κ2) is 17.8. The number of carbonyl (C=O) groups is 2. The van der Waals surface area contributed by atoms with Gasteiger partial charge in [0.1, 0.15) is 10.8 Å². The molecule has 0 aliphatic rings. The molecule has 0 aliphatic carbocycles. The standard InChI is InChI=1S/C33H39NO6S/c1-25(23-39-21-9-7-5-4-6-8-12-26-17-19-29(37-2)20-18-26)32(35)40-30-15-11-16-31(34-30)41-24-27-13-10-14-28(22-27)33(36)38-3/h10-11,13-20,22-23H,4-9,12,21,24H2,1-3H3. The number of thioether (sulfide) groups is 1. The fourth-order valence-electron chi connectivity index (χ4n) is 4.02. The number of unbranched alkanes of at least 4 members (excludes halogenated alkanes) is 5. The van der Waals surface area contributed by atoms with Gasteiger partial charge < -0.3 is 18.9 Å². The second-order valence-corrected chi connectivity index (χ2v) is 10.6. The molecule has 0 fully saturated rings. The van der Waals surface area contributed by atoms with E-state index in [1.54, 1.807) is 38.3 Å². The molecule has 0 amide bonds. The van der Waals surface area contributed by atoms with Gasteiger partial charge in [0.05, 0.1) is 38.2 Å². The molecule has 41 heavy (non-hydrogen) atoms. The van der Waals surface area contributed by atoms with E-state index in [9.17, 15) is 9.59 Å². The molecule has 3 rings (SSSR count). The highest BCUT2D eigenvalue weighted by Crippen LogP contribution is 2.24. The number of aryl methyl sites for hydroxylation is 1. The van der Waals surface area contributed by atoms with Crippen LogP contribution in [-0.4, -0.2) is 37.7 Å².